The second-order valence-electron chi connectivity index (χ2n) is 3.58. The molecule has 5 heteroatoms. The van der Waals surface area contributed by atoms with Crippen molar-refractivity contribution in [2.24, 2.45) is 5.73 Å². The first-order chi connectivity index (χ1) is 8.61. The van der Waals surface area contributed by atoms with Gasteiger partial charge in [0.2, 0.25) is 11.8 Å². The van der Waals surface area contributed by atoms with Crippen LogP contribution in [0.5, 0.6) is 5.75 Å². The highest BCUT2D eigenvalue weighted by atomic mass is 16.5. The number of amides is 2. The first kappa shape index (κ1) is 13.8. The van der Waals surface area contributed by atoms with Crippen LogP contribution >= 0.6 is 0 Å². The molecular weight excluding hydrogens is 232 g/mol. The van der Waals surface area contributed by atoms with Gasteiger partial charge in [0.05, 0.1) is 13.0 Å². The van der Waals surface area contributed by atoms with Crippen LogP contribution < -0.4 is 15.8 Å². The van der Waals surface area contributed by atoms with E-state index in [1.807, 2.05) is 0 Å². The standard InChI is InChI=1S/C13H16N2O3/c1-2-3-13(17)15-10-4-6-11(7-5-10)18-9-8-12(14)16/h2-7H,8-9H2,1H3,(H2,14,16)(H,15,17). The molecule has 0 fully saturated rings. The number of nitrogens with one attached hydrogen (secondary N) is 1. The average Bonchev–Trinajstić information content (AvgIpc) is 2.31. The number of ether oxygens (including phenoxy) is 1. The lowest BCUT2D eigenvalue weighted by molar-refractivity contribution is -0.118. The van der Waals surface area contributed by atoms with Crippen molar-refractivity contribution in [3.8, 4) is 5.75 Å². The van der Waals surface area contributed by atoms with E-state index in [2.05, 4.69) is 5.32 Å². The van der Waals surface area contributed by atoms with E-state index in [4.69, 9.17) is 10.5 Å². The molecule has 1 aromatic carbocycles. The molecule has 0 aromatic heterocycles. The molecule has 0 saturated carbocycles. The van der Waals surface area contributed by atoms with Gasteiger partial charge in [-0.2, -0.15) is 0 Å². The zero-order chi connectivity index (χ0) is 13.4. The lowest BCUT2D eigenvalue weighted by Crippen LogP contribution is -2.14. The molecule has 0 aliphatic heterocycles. The van der Waals surface area contributed by atoms with Crippen LogP contribution in [0.1, 0.15) is 13.3 Å². The van der Waals surface area contributed by atoms with Gasteiger partial charge in [0.25, 0.3) is 0 Å². The van der Waals surface area contributed by atoms with Crippen LogP contribution in [0.15, 0.2) is 36.4 Å². The maximum atomic E-state index is 11.3. The maximum absolute atomic E-state index is 11.3. The van der Waals surface area contributed by atoms with Gasteiger partial charge in [0.1, 0.15) is 5.75 Å². The summed E-state index contributed by atoms with van der Waals surface area (Å²) in [6.45, 7) is 2.02. The Morgan fingerprint density at radius 1 is 1.33 bits per heavy atom. The fraction of sp³-hybridized carbons (Fsp3) is 0.231. The van der Waals surface area contributed by atoms with E-state index in [-0.39, 0.29) is 18.9 Å². The first-order valence-electron chi connectivity index (χ1n) is 5.56. The summed E-state index contributed by atoms with van der Waals surface area (Å²) in [5.74, 6) is 0.0467. The predicted octanol–water partition coefficient (Wildman–Crippen LogP) is 1.46. The van der Waals surface area contributed by atoms with E-state index >= 15 is 0 Å². The van der Waals surface area contributed by atoms with E-state index in [0.717, 1.165) is 0 Å². The summed E-state index contributed by atoms with van der Waals surface area (Å²) in [7, 11) is 0. The van der Waals surface area contributed by atoms with Gasteiger partial charge in [-0.05, 0) is 37.3 Å². The molecule has 0 bridgehead atoms. The van der Waals surface area contributed by atoms with Gasteiger partial charge < -0.3 is 15.8 Å². The van der Waals surface area contributed by atoms with E-state index in [1.54, 1.807) is 37.3 Å². The molecule has 1 aromatic rings. The van der Waals surface area contributed by atoms with Crippen LogP contribution in [-0.2, 0) is 9.59 Å². The zero-order valence-corrected chi connectivity index (χ0v) is 10.2. The molecule has 3 N–H and O–H groups in total. The van der Waals surface area contributed by atoms with Gasteiger partial charge in [0.15, 0.2) is 0 Å². The SMILES string of the molecule is CC=CC(=O)Nc1ccc(OCCC(N)=O)cc1. The largest absolute Gasteiger partial charge is 0.493 e. The predicted molar refractivity (Wildman–Crippen MR) is 69.2 cm³/mol. The minimum Gasteiger partial charge on any atom is -0.493 e. The van der Waals surface area contributed by atoms with Gasteiger partial charge in [-0.25, -0.2) is 0 Å². The quantitative estimate of drug-likeness (QED) is 0.748. The number of primary amides is 1. The Balaban J connectivity index is 2.47. The van der Waals surface area contributed by atoms with Crippen molar-refractivity contribution in [3.63, 3.8) is 0 Å². The minimum atomic E-state index is -0.398. The Morgan fingerprint density at radius 2 is 2.00 bits per heavy atom. The maximum Gasteiger partial charge on any atom is 0.248 e. The van der Waals surface area contributed by atoms with E-state index in [9.17, 15) is 9.59 Å². The van der Waals surface area contributed by atoms with Crippen molar-refractivity contribution in [2.75, 3.05) is 11.9 Å². The third-order valence-corrected chi connectivity index (χ3v) is 2.06. The molecule has 0 aliphatic carbocycles. The van der Waals surface area contributed by atoms with Gasteiger partial charge in [-0.3, -0.25) is 9.59 Å². The fourth-order valence-corrected chi connectivity index (χ4v) is 1.24. The second kappa shape index (κ2) is 7.11. The zero-order valence-electron chi connectivity index (χ0n) is 10.2. The smallest absolute Gasteiger partial charge is 0.248 e. The molecule has 18 heavy (non-hydrogen) atoms. The minimum absolute atomic E-state index is 0.180. The molecular formula is C13H16N2O3. The van der Waals surface area contributed by atoms with Crippen molar-refractivity contribution in [3.05, 3.63) is 36.4 Å². The summed E-state index contributed by atoms with van der Waals surface area (Å²) in [6, 6.07) is 6.88. The number of anilines is 1. The van der Waals surface area contributed by atoms with E-state index in [1.165, 1.54) is 6.08 Å². The highest BCUT2D eigenvalue weighted by molar-refractivity contribution is 5.99. The number of hydrogen-bond acceptors (Lipinski definition) is 3. The van der Waals surface area contributed by atoms with Gasteiger partial charge in [0, 0.05) is 5.69 Å². The van der Waals surface area contributed by atoms with Crippen molar-refractivity contribution < 1.29 is 14.3 Å². The number of carbonyl (C=O) groups excluding carboxylic acids is 2. The van der Waals surface area contributed by atoms with Gasteiger partial charge in [-0.1, -0.05) is 6.08 Å². The number of rotatable bonds is 6. The summed E-state index contributed by atoms with van der Waals surface area (Å²) in [5.41, 5.74) is 5.67. The summed E-state index contributed by atoms with van der Waals surface area (Å²) in [6.07, 6.45) is 3.29. The fourth-order valence-electron chi connectivity index (χ4n) is 1.24. The Hall–Kier alpha value is -2.30. The molecule has 0 radical (unpaired) electrons. The van der Waals surface area contributed by atoms with Crippen LogP contribution in [0.3, 0.4) is 0 Å². The highest BCUT2D eigenvalue weighted by Gasteiger charge is 1.99. The second-order valence-corrected chi connectivity index (χ2v) is 3.58. The van der Waals surface area contributed by atoms with Crippen molar-refractivity contribution in [1.82, 2.24) is 0 Å². The third-order valence-electron chi connectivity index (χ3n) is 2.06. The molecule has 0 unspecified atom stereocenters. The third kappa shape index (κ3) is 5.16. The molecule has 0 saturated heterocycles. The molecule has 2 amide bonds. The lowest BCUT2D eigenvalue weighted by Gasteiger charge is -2.06. The monoisotopic (exact) mass is 248 g/mol. The van der Waals surface area contributed by atoms with E-state index in [0.29, 0.717) is 11.4 Å². The highest BCUT2D eigenvalue weighted by Crippen LogP contribution is 2.15. The topological polar surface area (TPSA) is 81.4 Å². The molecule has 0 spiro atoms. The Bertz CT molecular complexity index is 438. The van der Waals surface area contributed by atoms with Crippen molar-refractivity contribution >= 4 is 17.5 Å². The van der Waals surface area contributed by atoms with Crippen LogP contribution in [0.25, 0.3) is 0 Å². The Labute approximate surface area is 106 Å². The number of carbonyl (C=O) groups is 2. The van der Waals surface area contributed by atoms with Crippen LogP contribution in [0.2, 0.25) is 0 Å². The first-order valence-corrected chi connectivity index (χ1v) is 5.56. The molecule has 0 heterocycles. The Morgan fingerprint density at radius 3 is 2.56 bits per heavy atom. The number of benzene rings is 1. The van der Waals surface area contributed by atoms with Crippen molar-refractivity contribution in [2.45, 2.75) is 13.3 Å². The van der Waals surface area contributed by atoms with Crippen LogP contribution in [-0.4, -0.2) is 18.4 Å². The number of nitrogens with two attached hydrogens (primary N) is 1. The summed E-state index contributed by atoms with van der Waals surface area (Å²) in [4.78, 5) is 21.8. The van der Waals surface area contributed by atoms with E-state index < -0.39 is 5.91 Å². The molecule has 0 atom stereocenters. The van der Waals surface area contributed by atoms with Gasteiger partial charge >= 0.3 is 0 Å². The van der Waals surface area contributed by atoms with Crippen molar-refractivity contribution in [1.29, 1.82) is 0 Å². The molecule has 1 rings (SSSR count). The van der Waals surface area contributed by atoms with Crippen LogP contribution in [0.4, 0.5) is 5.69 Å². The van der Waals surface area contributed by atoms with Crippen LogP contribution in [0, 0.1) is 0 Å². The average molecular weight is 248 g/mol. The van der Waals surface area contributed by atoms with Gasteiger partial charge in [-0.15, -0.1) is 0 Å². The molecule has 0 aliphatic rings. The number of hydrogen-bond donors (Lipinski definition) is 2. The molecule has 5 nitrogen and oxygen atoms in total. The lowest BCUT2D eigenvalue weighted by atomic mass is 10.3. The Kier molecular flexibility index (Phi) is 5.44. The summed E-state index contributed by atoms with van der Waals surface area (Å²) in [5, 5.41) is 2.69. The summed E-state index contributed by atoms with van der Waals surface area (Å²) < 4.78 is 5.30. The molecule has 96 valence electrons. The normalized spacial score (nSPS) is 10.3. The summed E-state index contributed by atoms with van der Waals surface area (Å²) >= 11 is 0. The number of allylic oxidation sites excluding steroid dienone is 1.